The number of carbonyl (C=O) groups is 1. The molecule has 0 atom stereocenters. The van der Waals surface area contributed by atoms with Gasteiger partial charge in [-0.3, -0.25) is 4.79 Å². The zero-order valence-corrected chi connectivity index (χ0v) is 15.1. The molecule has 0 radical (unpaired) electrons. The van der Waals surface area contributed by atoms with Crippen LogP contribution in [0.3, 0.4) is 0 Å². The van der Waals surface area contributed by atoms with E-state index in [0.29, 0.717) is 10.8 Å². The first kappa shape index (κ1) is 18.8. The number of carbonyl (C=O) groups excluding carboxylic acids is 1. The summed E-state index contributed by atoms with van der Waals surface area (Å²) in [5.74, 6) is -0.00459. The lowest BCUT2D eigenvalue weighted by Gasteiger charge is -2.05. The molecule has 27 heavy (non-hydrogen) atoms. The Bertz CT molecular complexity index is 925. The molecule has 1 amide bonds. The fourth-order valence-corrected chi connectivity index (χ4v) is 3.33. The van der Waals surface area contributed by atoms with Crippen LogP contribution in [0, 0.1) is 6.92 Å². The Kier molecular flexibility index (Phi) is 5.66. The quantitative estimate of drug-likeness (QED) is 0.645. The number of hydrogen-bond donors (Lipinski definition) is 2. The van der Waals surface area contributed by atoms with Gasteiger partial charge in [-0.2, -0.15) is 8.78 Å². The molecule has 0 saturated heterocycles. The van der Waals surface area contributed by atoms with Crippen LogP contribution >= 0.6 is 11.3 Å². The summed E-state index contributed by atoms with van der Waals surface area (Å²) < 4.78 is 28.8. The molecule has 1 aromatic heterocycles. The van der Waals surface area contributed by atoms with E-state index in [0.717, 1.165) is 16.0 Å². The Hall–Kier alpha value is -3.00. The summed E-state index contributed by atoms with van der Waals surface area (Å²) in [5, 5.41) is 12.5. The number of alkyl halides is 2. The number of halogens is 2. The first-order valence-corrected chi connectivity index (χ1v) is 8.83. The van der Waals surface area contributed by atoms with Gasteiger partial charge in [-0.1, -0.05) is 12.1 Å². The third-order valence-electron chi connectivity index (χ3n) is 3.70. The average molecular weight is 390 g/mol. The largest absolute Gasteiger partial charge is 0.508 e. The minimum Gasteiger partial charge on any atom is -0.508 e. The van der Waals surface area contributed by atoms with E-state index in [1.165, 1.54) is 35.6 Å². The molecule has 0 fully saturated rings. The molecule has 0 bridgehead atoms. The lowest BCUT2D eigenvalue weighted by atomic mass is 10.1. The van der Waals surface area contributed by atoms with E-state index in [1.807, 2.05) is 6.92 Å². The molecule has 0 aliphatic carbocycles. The summed E-state index contributed by atoms with van der Waals surface area (Å²) >= 11 is 1.33. The number of aromatic nitrogens is 1. The fourth-order valence-electron chi connectivity index (χ4n) is 2.47. The van der Waals surface area contributed by atoms with Crippen LogP contribution in [0.5, 0.6) is 11.5 Å². The molecule has 0 unspecified atom stereocenters. The molecular weight excluding hydrogens is 374 g/mol. The van der Waals surface area contributed by atoms with Crippen molar-refractivity contribution in [2.75, 3.05) is 5.32 Å². The monoisotopic (exact) mass is 390 g/mol. The highest BCUT2D eigenvalue weighted by atomic mass is 32.1. The number of rotatable bonds is 6. The number of nitrogens with one attached hydrogen (secondary N) is 1. The van der Waals surface area contributed by atoms with Crippen molar-refractivity contribution in [3.63, 3.8) is 0 Å². The topological polar surface area (TPSA) is 71.5 Å². The molecule has 3 rings (SSSR count). The highest BCUT2D eigenvalue weighted by Gasteiger charge is 2.13. The van der Waals surface area contributed by atoms with Gasteiger partial charge in [-0.15, -0.1) is 11.3 Å². The number of nitrogens with zero attached hydrogens (tertiary/aromatic N) is 1. The van der Waals surface area contributed by atoms with E-state index in [-0.39, 0.29) is 23.8 Å². The molecule has 2 N–H and O–H groups in total. The smallest absolute Gasteiger partial charge is 0.387 e. The van der Waals surface area contributed by atoms with Crippen molar-refractivity contribution in [1.29, 1.82) is 0 Å². The number of hydrogen-bond acceptors (Lipinski definition) is 5. The average Bonchev–Trinajstić information content (AvgIpc) is 2.97. The van der Waals surface area contributed by atoms with Crippen molar-refractivity contribution in [1.82, 2.24) is 4.98 Å². The Morgan fingerprint density at radius 1 is 1.19 bits per heavy atom. The van der Waals surface area contributed by atoms with Gasteiger partial charge in [0.1, 0.15) is 11.5 Å². The first-order valence-electron chi connectivity index (χ1n) is 8.01. The van der Waals surface area contributed by atoms with Crippen molar-refractivity contribution >= 4 is 22.4 Å². The molecule has 5 nitrogen and oxygen atoms in total. The van der Waals surface area contributed by atoms with Gasteiger partial charge in [0, 0.05) is 10.4 Å². The second-order valence-corrected chi connectivity index (χ2v) is 6.92. The van der Waals surface area contributed by atoms with Crippen molar-refractivity contribution in [3.05, 3.63) is 59.0 Å². The van der Waals surface area contributed by atoms with Gasteiger partial charge in [0.05, 0.1) is 12.1 Å². The molecule has 140 valence electrons. The van der Waals surface area contributed by atoms with Crippen molar-refractivity contribution in [2.24, 2.45) is 0 Å². The summed E-state index contributed by atoms with van der Waals surface area (Å²) in [4.78, 5) is 17.5. The van der Waals surface area contributed by atoms with E-state index in [2.05, 4.69) is 15.0 Å². The van der Waals surface area contributed by atoms with Crippen LogP contribution in [0.2, 0.25) is 0 Å². The Morgan fingerprint density at radius 2 is 1.85 bits per heavy atom. The molecule has 0 aliphatic heterocycles. The Balaban J connectivity index is 1.68. The molecular formula is C19H16F2N2O3S. The Labute approximate surface area is 158 Å². The summed E-state index contributed by atoms with van der Waals surface area (Å²) in [5.41, 5.74) is 2.18. The lowest BCUT2D eigenvalue weighted by molar-refractivity contribution is -0.115. The predicted octanol–water partition coefficient (Wildman–Crippen LogP) is 4.61. The number of benzene rings is 2. The van der Waals surface area contributed by atoms with E-state index >= 15 is 0 Å². The van der Waals surface area contributed by atoms with Gasteiger partial charge < -0.3 is 15.2 Å². The SMILES string of the molecule is Cc1sc(NC(=O)Cc2ccc(O)cc2)nc1-c1ccc(OC(F)F)cc1. The second-order valence-electron chi connectivity index (χ2n) is 5.72. The molecule has 0 aliphatic rings. The second kappa shape index (κ2) is 8.13. The van der Waals surface area contributed by atoms with Crippen LogP contribution in [0.1, 0.15) is 10.4 Å². The van der Waals surface area contributed by atoms with E-state index in [9.17, 15) is 18.7 Å². The van der Waals surface area contributed by atoms with Crippen LogP contribution in [0.4, 0.5) is 13.9 Å². The minimum absolute atomic E-state index is 0.0732. The van der Waals surface area contributed by atoms with Gasteiger partial charge in [-0.05, 0) is 48.9 Å². The summed E-state index contributed by atoms with van der Waals surface area (Å²) in [7, 11) is 0. The maximum Gasteiger partial charge on any atom is 0.387 e. The fraction of sp³-hybridized carbons (Fsp3) is 0.158. The number of aromatic hydroxyl groups is 1. The van der Waals surface area contributed by atoms with Crippen molar-refractivity contribution in [3.8, 4) is 22.8 Å². The van der Waals surface area contributed by atoms with Crippen LogP contribution in [-0.4, -0.2) is 22.6 Å². The number of amides is 1. The zero-order chi connectivity index (χ0) is 19.4. The van der Waals surface area contributed by atoms with Gasteiger partial charge in [0.25, 0.3) is 0 Å². The number of aryl methyl sites for hydroxylation is 1. The Morgan fingerprint density at radius 3 is 2.48 bits per heavy atom. The van der Waals surface area contributed by atoms with Gasteiger partial charge in [0.2, 0.25) is 5.91 Å². The maximum absolute atomic E-state index is 12.2. The number of thiazole rings is 1. The van der Waals surface area contributed by atoms with Crippen LogP contribution in [0.15, 0.2) is 48.5 Å². The summed E-state index contributed by atoms with van der Waals surface area (Å²) in [6.07, 6.45) is 0.161. The molecule has 3 aromatic rings. The molecule has 1 heterocycles. The number of phenols is 1. The van der Waals surface area contributed by atoms with Crippen molar-refractivity contribution < 1.29 is 23.4 Å². The molecule has 0 saturated carbocycles. The van der Waals surface area contributed by atoms with Gasteiger partial charge in [-0.25, -0.2) is 4.98 Å². The van der Waals surface area contributed by atoms with Gasteiger partial charge >= 0.3 is 6.61 Å². The molecule has 0 spiro atoms. The predicted molar refractivity (Wildman–Crippen MR) is 99.4 cm³/mol. The highest BCUT2D eigenvalue weighted by Crippen LogP contribution is 2.31. The van der Waals surface area contributed by atoms with Crippen LogP contribution in [-0.2, 0) is 11.2 Å². The standard InChI is InChI=1S/C19H16F2N2O3S/c1-11-17(13-4-8-15(9-5-13)26-18(20)21)23-19(27-11)22-16(25)10-12-2-6-14(24)7-3-12/h2-9,18,24H,10H2,1H3,(H,22,23,25). The third-order valence-corrected chi connectivity index (χ3v) is 4.58. The first-order chi connectivity index (χ1) is 12.9. The lowest BCUT2D eigenvalue weighted by Crippen LogP contribution is -2.14. The van der Waals surface area contributed by atoms with Gasteiger partial charge in [0.15, 0.2) is 5.13 Å². The zero-order valence-electron chi connectivity index (χ0n) is 14.3. The van der Waals surface area contributed by atoms with Crippen LogP contribution in [0.25, 0.3) is 11.3 Å². The number of phenolic OH excluding ortho intramolecular Hbond substituents is 1. The highest BCUT2D eigenvalue weighted by molar-refractivity contribution is 7.16. The maximum atomic E-state index is 12.2. The van der Waals surface area contributed by atoms with E-state index < -0.39 is 6.61 Å². The number of ether oxygens (including phenoxy) is 1. The van der Waals surface area contributed by atoms with Crippen molar-refractivity contribution in [2.45, 2.75) is 20.0 Å². The minimum atomic E-state index is -2.87. The van der Waals surface area contributed by atoms with Crippen LogP contribution < -0.4 is 10.1 Å². The van der Waals surface area contributed by atoms with E-state index in [1.54, 1.807) is 24.3 Å². The summed E-state index contributed by atoms with van der Waals surface area (Å²) in [6, 6.07) is 12.6. The normalized spacial score (nSPS) is 10.8. The molecule has 2 aromatic carbocycles. The molecule has 8 heteroatoms. The number of anilines is 1. The third kappa shape index (κ3) is 5.01. The summed E-state index contributed by atoms with van der Waals surface area (Å²) in [6.45, 7) is -1.00. The van der Waals surface area contributed by atoms with E-state index in [4.69, 9.17) is 0 Å².